The molecule has 0 fully saturated rings. The molecule has 0 atom stereocenters. The molecular formula is C11H14N4. The lowest BCUT2D eigenvalue weighted by molar-refractivity contribution is 0.729. The van der Waals surface area contributed by atoms with Crippen molar-refractivity contribution in [2.45, 2.75) is 19.8 Å². The lowest BCUT2D eigenvalue weighted by atomic mass is 10.0. The van der Waals surface area contributed by atoms with Gasteiger partial charge in [-0.2, -0.15) is 5.10 Å². The van der Waals surface area contributed by atoms with Crippen molar-refractivity contribution in [2.24, 2.45) is 0 Å². The molecule has 1 aromatic carbocycles. The van der Waals surface area contributed by atoms with Crippen molar-refractivity contribution in [1.82, 2.24) is 15.0 Å². The number of para-hydroxylation sites is 1. The molecule has 0 radical (unpaired) electrons. The van der Waals surface area contributed by atoms with Crippen molar-refractivity contribution in [3.05, 3.63) is 36.0 Å². The van der Waals surface area contributed by atoms with Crippen LogP contribution in [0, 0.1) is 0 Å². The molecule has 1 aromatic heterocycles. The molecule has 0 aliphatic heterocycles. The zero-order valence-corrected chi connectivity index (χ0v) is 8.88. The highest BCUT2D eigenvalue weighted by Gasteiger charge is 2.08. The average molecular weight is 202 g/mol. The van der Waals surface area contributed by atoms with Crippen LogP contribution in [0.4, 0.5) is 5.82 Å². The molecule has 1 heterocycles. The summed E-state index contributed by atoms with van der Waals surface area (Å²) in [6.45, 7) is 4.29. The van der Waals surface area contributed by atoms with E-state index in [2.05, 4.69) is 30.1 Å². The molecule has 0 bridgehead atoms. The van der Waals surface area contributed by atoms with Gasteiger partial charge >= 0.3 is 0 Å². The second kappa shape index (κ2) is 3.73. The van der Waals surface area contributed by atoms with Crippen LogP contribution in [0.1, 0.15) is 25.3 Å². The van der Waals surface area contributed by atoms with E-state index in [9.17, 15) is 0 Å². The molecule has 2 rings (SSSR count). The summed E-state index contributed by atoms with van der Waals surface area (Å²) in [5.41, 5.74) is 7.75. The zero-order chi connectivity index (χ0) is 10.8. The van der Waals surface area contributed by atoms with Gasteiger partial charge in [0, 0.05) is 0 Å². The topological polar surface area (TPSA) is 56.7 Å². The van der Waals surface area contributed by atoms with Gasteiger partial charge in [0.2, 0.25) is 0 Å². The van der Waals surface area contributed by atoms with Crippen LogP contribution in [-0.2, 0) is 0 Å². The zero-order valence-electron chi connectivity index (χ0n) is 8.88. The highest BCUT2D eigenvalue weighted by atomic mass is 15.5. The monoisotopic (exact) mass is 202 g/mol. The second-order valence-electron chi connectivity index (χ2n) is 3.77. The van der Waals surface area contributed by atoms with Crippen LogP contribution < -0.4 is 5.73 Å². The van der Waals surface area contributed by atoms with Crippen molar-refractivity contribution in [3.8, 4) is 5.69 Å². The molecule has 0 unspecified atom stereocenters. The van der Waals surface area contributed by atoms with E-state index in [1.54, 1.807) is 11.0 Å². The number of nitrogens with zero attached hydrogens (tertiary/aromatic N) is 3. The highest BCUT2D eigenvalue weighted by molar-refractivity contribution is 5.41. The smallest absolute Gasteiger partial charge is 0.166 e. The Hall–Kier alpha value is -1.84. The summed E-state index contributed by atoms with van der Waals surface area (Å²) >= 11 is 0. The van der Waals surface area contributed by atoms with E-state index in [1.165, 1.54) is 5.56 Å². The van der Waals surface area contributed by atoms with E-state index >= 15 is 0 Å². The summed E-state index contributed by atoms with van der Waals surface area (Å²) in [7, 11) is 0. The SMILES string of the molecule is CC(C)c1ccccc1-n1ncc(N)n1. The second-order valence-corrected chi connectivity index (χ2v) is 3.77. The minimum atomic E-state index is 0.438. The Labute approximate surface area is 88.7 Å². The molecule has 0 amide bonds. The van der Waals surface area contributed by atoms with Crippen molar-refractivity contribution in [2.75, 3.05) is 5.73 Å². The maximum Gasteiger partial charge on any atom is 0.166 e. The van der Waals surface area contributed by atoms with E-state index in [0.717, 1.165) is 5.69 Å². The minimum Gasteiger partial charge on any atom is -0.381 e. The van der Waals surface area contributed by atoms with Crippen LogP contribution in [0.3, 0.4) is 0 Å². The van der Waals surface area contributed by atoms with Gasteiger partial charge in [-0.1, -0.05) is 32.0 Å². The number of hydrogen-bond acceptors (Lipinski definition) is 3. The van der Waals surface area contributed by atoms with E-state index in [1.807, 2.05) is 18.2 Å². The van der Waals surface area contributed by atoms with Crippen molar-refractivity contribution in [3.63, 3.8) is 0 Å². The highest BCUT2D eigenvalue weighted by Crippen LogP contribution is 2.21. The van der Waals surface area contributed by atoms with Crippen LogP contribution in [0.25, 0.3) is 5.69 Å². The third-order valence-corrected chi connectivity index (χ3v) is 2.28. The van der Waals surface area contributed by atoms with Crippen LogP contribution in [0.5, 0.6) is 0 Å². The van der Waals surface area contributed by atoms with Gasteiger partial charge in [-0.3, -0.25) is 0 Å². The predicted octanol–water partition coefficient (Wildman–Crippen LogP) is 1.97. The van der Waals surface area contributed by atoms with E-state index < -0.39 is 0 Å². The average Bonchev–Trinajstić information content (AvgIpc) is 2.65. The Morgan fingerprint density at radius 3 is 2.60 bits per heavy atom. The molecule has 78 valence electrons. The summed E-state index contributed by atoms with van der Waals surface area (Å²) in [4.78, 5) is 1.57. The molecule has 2 aromatic rings. The first-order valence-electron chi connectivity index (χ1n) is 4.95. The van der Waals surface area contributed by atoms with Gasteiger partial charge in [0.15, 0.2) is 5.82 Å². The molecule has 0 aliphatic carbocycles. The summed E-state index contributed by atoms with van der Waals surface area (Å²) in [6.07, 6.45) is 1.55. The fourth-order valence-electron chi connectivity index (χ4n) is 1.55. The predicted molar refractivity (Wildman–Crippen MR) is 59.9 cm³/mol. The Morgan fingerprint density at radius 2 is 2.00 bits per heavy atom. The molecule has 4 heteroatoms. The summed E-state index contributed by atoms with van der Waals surface area (Å²) in [5.74, 6) is 0.877. The summed E-state index contributed by atoms with van der Waals surface area (Å²) in [5, 5.41) is 8.22. The lowest BCUT2D eigenvalue weighted by Crippen LogP contribution is -2.04. The minimum absolute atomic E-state index is 0.438. The Balaban J connectivity index is 2.52. The quantitative estimate of drug-likeness (QED) is 0.810. The van der Waals surface area contributed by atoms with Gasteiger partial charge in [0.1, 0.15) is 0 Å². The number of nitrogen functional groups attached to an aromatic ring is 1. The first-order chi connectivity index (χ1) is 7.18. The van der Waals surface area contributed by atoms with Crippen LogP contribution in [0.15, 0.2) is 30.5 Å². The Bertz CT molecular complexity index is 459. The molecule has 0 spiro atoms. The van der Waals surface area contributed by atoms with Crippen molar-refractivity contribution < 1.29 is 0 Å². The number of nitrogens with two attached hydrogens (primary N) is 1. The van der Waals surface area contributed by atoms with Crippen molar-refractivity contribution in [1.29, 1.82) is 0 Å². The molecule has 0 saturated heterocycles. The molecule has 15 heavy (non-hydrogen) atoms. The van der Waals surface area contributed by atoms with E-state index in [0.29, 0.717) is 11.7 Å². The van der Waals surface area contributed by atoms with Crippen LogP contribution in [-0.4, -0.2) is 15.0 Å². The Morgan fingerprint density at radius 1 is 1.27 bits per heavy atom. The fraction of sp³-hybridized carbons (Fsp3) is 0.273. The standard InChI is InChI=1S/C11H14N4/c1-8(2)9-5-3-4-6-10(9)15-13-7-11(12)14-15/h3-8H,1-2H3,(H2,12,14). The van der Waals surface area contributed by atoms with Gasteiger partial charge in [-0.15, -0.1) is 9.90 Å². The van der Waals surface area contributed by atoms with Gasteiger partial charge in [-0.25, -0.2) is 0 Å². The maximum atomic E-state index is 5.55. The van der Waals surface area contributed by atoms with Crippen LogP contribution >= 0.6 is 0 Å². The number of aromatic nitrogens is 3. The van der Waals surface area contributed by atoms with Crippen LogP contribution in [0.2, 0.25) is 0 Å². The summed E-state index contributed by atoms with van der Waals surface area (Å²) in [6, 6.07) is 8.07. The van der Waals surface area contributed by atoms with Gasteiger partial charge in [0.05, 0.1) is 11.9 Å². The first-order valence-corrected chi connectivity index (χ1v) is 4.95. The number of hydrogen-bond donors (Lipinski definition) is 1. The summed E-state index contributed by atoms with van der Waals surface area (Å²) < 4.78 is 0. The molecule has 2 N–H and O–H groups in total. The third kappa shape index (κ3) is 1.83. The number of benzene rings is 1. The lowest BCUT2D eigenvalue weighted by Gasteiger charge is -2.10. The van der Waals surface area contributed by atoms with E-state index in [4.69, 9.17) is 5.73 Å². The molecule has 4 nitrogen and oxygen atoms in total. The van der Waals surface area contributed by atoms with Crippen molar-refractivity contribution >= 4 is 5.82 Å². The number of anilines is 1. The van der Waals surface area contributed by atoms with Gasteiger partial charge in [-0.05, 0) is 17.5 Å². The third-order valence-electron chi connectivity index (χ3n) is 2.28. The maximum absolute atomic E-state index is 5.55. The van der Waals surface area contributed by atoms with Gasteiger partial charge < -0.3 is 5.73 Å². The molecule has 0 aliphatic rings. The van der Waals surface area contributed by atoms with Gasteiger partial charge in [0.25, 0.3) is 0 Å². The largest absolute Gasteiger partial charge is 0.381 e. The molecule has 0 saturated carbocycles. The fourth-order valence-corrected chi connectivity index (χ4v) is 1.55. The normalized spacial score (nSPS) is 10.9. The first kappa shape index (κ1) is 9.71. The van der Waals surface area contributed by atoms with E-state index in [-0.39, 0.29) is 0 Å². The number of rotatable bonds is 2. The Kier molecular flexibility index (Phi) is 2.41. The molecular weight excluding hydrogens is 188 g/mol.